The summed E-state index contributed by atoms with van der Waals surface area (Å²) < 4.78 is 10.7. The van der Waals surface area contributed by atoms with Gasteiger partial charge in [-0.05, 0) is 60.2 Å². The molecule has 1 amide bonds. The molecule has 0 saturated heterocycles. The van der Waals surface area contributed by atoms with Gasteiger partial charge >= 0.3 is 5.97 Å². The summed E-state index contributed by atoms with van der Waals surface area (Å²) in [5, 5.41) is 6.26. The molecule has 2 rings (SSSR count). The fourth-order valence-electron chi connectivity index (χ4n) is 1.62. The maximum absolute atomic E-state index is 11.8. The molecule has 0 spiro atoms. The van der Waals surface area contributed by atoms with Crippen LogP contribution < -0.4 is 5.32 Å². The molecule has 0 radical (unpaired) electrons. The Kier molecular flexibility index (Phi) is 4.94. The number of hydrogen-bond donors (Lipinski definition) is 1. The van der Waals surface area contributed by atoms with Crippen molar-refractivity contribution < 1.29 is 18.8 Å². The molecule has 1 aromatic carbocycles. The summed E-state index contributed by atoms with van der Waals surface area (Å²) in [4.78, 5) is 23.3. The summed E-state index contributed by atoms with van der Waals surface area (Å²) in [6, 6.07) is 7.08. The number of benzene rings is 1. The molecule has 6 nitrogen and oxygen atoms in total. The Morgan fingerprint density at radius 1 is 1.33 bits per heavy atom. The van der Waals surface area contributed by atoms with Crippen LogP contribution in [0, 0.1) is 17.4 Å². The molecule has 0 aliphatic heterocycles. The van der Waals surface area contributed by atoms with Gasteiger partial charge in [0.1, 0.15) is 0 Å². The lowest BCUT2D eigenvalue weighted by Crippen LogP contribution is -2.21. The van der Waals surface area contributed by atoms with E-state index in [9.17, 15) is 9.59 Å². The summed E-state index contributed by atoms with van der Waals surface area (Å²) in [6.07, 6.45) is 0. The Balaban J connectivity index is 1.89. The van der Waals surface area contributed by atoms with Crippen LogP contribution in [0.25, 0.3) is 0 Å². The highest BCUT2D eigenvalue weighted by atomic mass is 127. The van der Waals surface area contributed by atoms with Crippen molar-refractivity contribution in [2.75, 3.05) is 11.9 Å². The second kappa shape index (κ2) is 6.70. The van der Waals surface area contributed by atoms with Gasteiger partial charge < -0.3 is 14.6 Å². The van der Waals surface area contributed by atoms with Crippen LogP contribution in [0.15, 0.2) is 28.8 Å². The molecular weight excluding hydrogens is 387 g/mol. The first kappa shape index (κ1) is 15.5. The van der Waals surface area contributed by atoms with Crippen molar-refractivity contribution in [2.24, 2.45) is 0 Å². The molecule has 110 valence electrons. The van der Waals surface area contributed by atoms with E-state index in [1.165, 1.54) is 6.07 Å². The minimum Gasteiger partial charge on any atom is -0.450 e. The first-order chi connectivity index (χ1) is 9.95. The standard InChI is InChI=1S/C14H13IN2O4/c1-8-5-10(15)3-4-11(8)16-13(18)7-20-14(19)12-6-9(2)17-21-12/h3-6H,7H2,1-2H3,(H,16,18). The molecule has 0 unspecified atom stereocenters. The number of halogens is 1. The van der Waals surface area contributed by atoms with Gasteiger partial charge in [-0.3, -0.25) is 4.79 Å². The van der Waals surface area contributed by atoms with Gasteiger partial charge in [0.15, 0.2) is 6.61 Å². The first-order valence-electron chi connectivity index (χ1n) is 6.12. The van der Waals surface area contributed by atoms with Gasteiger partial charge in [0.25, 0.3) is 5.91 Å². The van der Waals surface area contributed by atoms with E-state index in [4.69, 9.17) is 9.26 Å². The number of ether oxygens (including phenoxy) is 1. The lowest BCUT2D eigenvalue weighted by Gasteiger charge is -2.08. The summed E-state index contributed by atoms with van der Waals surface area (Å²) in [6.45, 7) is 3.19. The Morgan fingerprint density at radius 3 is 2.71 bits per heavy atom. The third kappa shape index (κ3) is 4.28. The number of aromatic nitrogens is 1. The van der Waals surface area contributed by atoms with Gasteiger partial charge in [0.05, 0.1) is 5.69 Å². The van der Waals surface area contributed by atoms with E-state index in [1.54, 1.807) is 13.0 Å². The molecule has 0 aliphatic rings. The molecular formula is C14H13IN2O4. The van der Waals surface area contributed by atoms with Gasteiger partial charge in [0, 0.05) is 15.3 Å². The minimum atomic E-state index is -0.718. The number of amides is 1. The number of rotatable bonds is 4. The summed E-state index contributed by atoms with van der Waals surface area (Å²) in [5.74, 6) is -1.15. The minimum absolute atomic E-state index is 0.0225. The Bertz CT molecular complexity index is 681. The van der Waals surface area contributed by atoms with Crippen molar-refractivity contribution in [3.8, 4) is 0 Å². The first-order valence-corrected chi connectivity index (χ1v) is 7.20. The van der Waals surface area contributed by atoms with Crippen LogP contribution in [0.2, 0.25) is 0 Å². The topological polar surface area (TPSA) is 81.4 Å². The van der Waals surface area contributed by atoms with E-state index in [1.807, 2.05) is 19.1 Å². The van der Waals surface area contributed by atoms with E-state index in [2.05, 4.69) is 33.1 Å². The average molecular weight is 400 g/mol. The van der Waals surface area contributed by atoms with E-state index < -0.39 is 11.9 Å². The fourth-order valence-corrected chi connectivity index (χ4v) is 2.26. The van der Waals surface area contributed by atoms with Crippen LogP contribution in [0.1, 0.15) is 21.8 Å². The summed E-state index contributed by atoms with van der Waals surface area (Å²) in [7, 11) is 0. The van der Waals surface area contributed by atoms with Crippen molar-refractivity contribution in [1.82, 2.24) is 5.16 Å². The van der Waals surface area contributed by atoms with Gasteiger partial charge in [-0.1, -0.05) is 5.16 Å². The van der Waals surface area contributed by atoms with Crippen LogP contribution in [0.4, 0.5) is 5.69 Å². The van der Waals surface area contributed by atoms with Crippen molar-refractivity contribution in [3.63, 3.8) is 0 Å². The highest BCUT2D eigenvalue weighted by Gasteiger charge is 2.15. The molecule has 0 aliphatic carbocycles. The van der Waals surface area contributed by atoms with Gasteiger partial charge in [-0.15, -0.1) is 0 Å². The number of nitrogens with one attached hydrogen (secondary N) is 1. The number of carbonyl (C=O) groups is 2. The zero-order chi connectivity index (χ0) is 15.4. The number of hydrogen-bond acceptors (Lipinski definition) is 5. The SMILES string of the molecule is Cc1cc(C(=O)OCC(=O)Nc2ccc(I)cc2C)on1. The predicted molar refractivity (Wildman–Crippen MR) is 84.0 cm³/mol. The maximum Gasteiger partial charge on any atom is 0.377 e. The second-order valence-corrected chi connectivity index (χ2v) is 5.66. The zero-order valence-corrected chi connectivity index (χ0v) is 13.6. The Hall–Kier alpha value is -1.90. The number of aryl methyl sites for hydroxylation is 2. The van der Waals surface area contributed by atoms with E-state index in [0.717, 1.165) is 9.13 Å². The van der Waals surface area contributed by atoms with Crippen molar-refractivity contribution in [1.29, 1.82) is 0 Å². The summed E-state index contributed by atoms with van der Waals surface area (Å²) in [5.41, 5.74) is 2.19. The molecule has 0 bridgehead atoms. The number of carbonyl (C=O) groups excluding carboxylic acids is 2. The number of esters is 1. The number of anilines is 1. The third-order valence-corrected chi connectivity index (χ3v) is 3.30. The van der Waals surface area contributed by atoms with Crippen molar-refractivity contribution in [3.05, 3.63) is 44.9 Å². The molecule has 0 saturated carbocycles. The lowest BCUT2D eigenvalue weighted by atomic mass is 10.2. The van der Waals surface area contributed by atoms with Crippen molar-refractivity contribution >= 4 is 40.2 Å². The molecule has 1 heterocycles. The zero-order valence-electron chi connectivity index (χ0n) is 11.5. The van der Waals surface area contributed by atoms with E-state index in [-0.39, 0.29) is 12.4 Å². The van der Waals surface area contributed by atoms with Crippen LogP contribution in [0.5, 0.6) is 0 Å². The van der Waals surface area contributed by atoms with Gasteiger partial charge in [-0.25, -0.2) is 4.79 Å². The third-order valence-electron chi connectivity index (χ3n) is 2.63. The predicted octanol–water partition coefficient (Wildman–Crippen LogP) is 2.69. The van der Waals surface area contributed by atoms with Crippen LogP contribution in [0.3, 0.4) is 0 Å². The van der Waals surface area contributed by atoms with E-state index >= 15 is 0 Å². The molecule has 21 heavy (non-hydrogen) atoms. The average Bonchev–Trinajstić information content (AvgIpc) is 2.86. The maximum atomic E-state index is 11.8. The lowest BCUT2D eigenvalue weighted by molar-refractivity contribution is -0.119. The highest BCUT2D eigenvalue weighted by molar-refractivity contribution is 14.1. The monoisotopic (exact) mass is 400 g/mol. The van der Waals surface area contributed by atoms with Crippen molar-refractivity contribution in [2.45, 2.75) is 13.8 Å². The Labute approximate surface area is 135 Å². The smallest absolute Gasteiger partial charge is 0.377 e. The van der Waals surface area contributed by atoms with Crippen LogP contribution in [-0.2, 0) is 9.53 Å². The Morgan fingerprint density at radius 2 is 2.10 bits per heavy atom. The van der Waals surface area contributed by atoms with Gasteiger partial charge in [0.2, 0.25) is 5.76 Å². The largest absolute Gasteiger partial charge is 0.450 e. The number of nitrogens with zero attached hydrogens (tertiary/aromatic N) is 1. The van der Waals surface area contributed by atoms with Gasteiger partial charge in [-0.2, -0.15) is 0 Å². The fraction of sp³-hybridized carbons (Fsp3) is 0.214. The molecule has 7 heteroatoms. The quantitative estimate of drug-likeness (QED) is 0.631. The molecule has 0 fully saturated rings. The molecule has 0 atom stereocenters. The van der Waals surface area contributed by atoms with Crippen LogP contribution >= 0.6 is 22.6 Å². The highest BCUT2D eigenvalue weighted by Crippen LogP contribution is 2.17. The summed E-state index contributed by atoms with van der Waals surface area (Å²) >= 11 is 2.19. The molecule has 2 aromatic rings. The van der Waals surface area contributed by atoms with Crippen LogP contribution in [-0.4, -0.2) is 23.6 Å². The second-order valence-electron chi connectivity index (χ2n) is 4.42. The normalized spacial score (nSPS) is 10.2. The molecule has 1 N–H and O–H groups in total. The van der Waals surface area contributed by atoms with E-state index in [0.29, 0.717) is 11.4 Å². The molecule has 1 aromatic heterocycles.